The van der Waals surface area contributed by atoms with Gasteiger partial charge in [-0.1, -0.05) is 38.7 Å². The second kappa shape index (κ2) is 11.3. The Balaban J connectivity index is 1.16. The number of ketones is 2. The van der Waals surface area contributed by atoms with Crippen LogP contribution in [0.5, 0.6) is 0 Å². The molecule has 0 aromatic rings. The molecule has 5 aliphatic carbocycles. The summed E-state index contributed by atoms with van der Waals surface area (Å²) in [7, 11) is 0. The van der Waals surface area contributed by atoms with Gasteiger partial charge < -0.3 is 20.3 Å². The Kier molecular flexibility index (Phi) is 8.33. The van der Waals surface area contributed by atoms with Crippen molar-refractivity contribution in [2.75, 3.05) is 13.2 Å². The molecule has 0 bridgehead atoms. The number of hydrogen-bond acceptors (Lipinski definition) is 7. The fraction of sp³-hybridized carbons (Fsp3) is 0.812. The van der Waals surface area contributed by atoms with Crippen LogP contribution in [0, 0.1) is 34.5 Å². The number of carbonyl (C=O) groups is 4. The van der Waals surface area contributed by atoms with Gasteiger partial charge in [-0.3, -0.25) is 19.2 Å². The number of amides is 1. The number of ether oxygens (including phenoxy) is 1. The van der Waals surface area contributed by atoms with Crippen molar-refractivity contribution in [3.63, 3.8) is 0 Å². The van der Waals surface area contributed by atoms with Gasteiger partial charge in [0.2, 0.25) is 11.7 Å². The number of Topliss-reactive ketones (excluding diaryl/α,β-unsaturated/α-hetero) is 1. The molecule has 4 fully saturated rings. The Hall–Kier alpha value is -2.06. The predicted octanol–water partition coefficient (Wildman–Crippen LogP) is 3.81. The Morgan fingerprint density at radius 3 is 2.52 bits per heavy atom. The average molecular weight is 558 g/mol. The molecule has 3 N–H and O–H groups in total. The summed E-state index contributed by atoms with van der Waals surface area (Å²) in [5.41, 5.74) is -1.59. The number of aliphatic hydroxyl groups is 2. The van der Waals surface area contributed by atoms with E-state index >= 15 is 0 Å². The van der Waals surface area contributed by atoms with E-state index in [0.29, 0.717) is 31.7 Å². The lowest BCUT2D eigenvalue weighted by Crippen LogP contribution is -2.62. The van der Waals surface area contributed by atoms with Crippen molar-refractivity contribution in [1.82, 2.24) is 5.32 Å². The maximum absolute atomic E-state index is 13.4. The highest BCUT2D eigenvalue weighted by atomic mass is 16.5. The van der Waals surface area contributed by atoms with Crippen molar-refractivity contribution >= 4 is 23.4 Å². The van der Waals surface area contributed by atoms with Crippen LogP contribution >= 0.6 is 0 Å². The molecule has 222 valence electrons. The van der Waals surface area contributed by atoms with Gasteiger partial charge in [-0.05, 0) is 86.5 Å². The molecule has 0 aromatic heterocycles. The minimum absolute atomic E-state index is 0.00165. The van der Waals surface area contributed by atoms with Crippen LogP contribution in [0.25, 0.3) is 0 Å². The lowest BCUT2D eigenvalue weighted by Gasteiger charge is -2.60. The molecule has 0 heterocycles. The molecule has 7 atom stereocenters. The average Bonchev–Trinajstić information content (AvgIpc) is 3.20. The van der Waals surface area contributed by atoms with Crippen molar-refractivity contribution in [3.8, 4) is 0 Å². The molecule has 1 amide bonds. The minimum Gasteiger partial charge on any atom is -0.458 e. The summed E-state index contributed by atoms with van der Waals surface area (Å²) in [6.07, 6.45) is 11.0. The molecule has 0 spiro atoms. The van der Waals surface area contributed by atoms with Gasteiger partial charge in [0.05, 0.1) is 12.5 Å². The first-order valence-electron chi connectivity index (χ1n) is 15.6. The molecule has 8 heteroatoms. The van der Waals surface area contributed by atoms with E-state index in [1.54, 1.807) is 6.08 Å². The number of esters is 1. The zero-order valence-electron chi connectivity index (χ0n) is 24.2. The van der Waals surface area contributed by atoms with E-state index < -0.39 is 35.5 Å². The molecular weight excluding hydrogens is 510 g/mol. The topological polar surface area (TPSA) is 130 Å². The van der Waals surface area contributed by atoms with Gasteiger partial charge in [0, 0.05) is 24.8 Å². The highest BCUT2D eigenvalue weighted by Gasteiger charge is 2.68. The number of rotatable bonds is 8. The largest absolute Gasteiger partial charge is 0.458 e. The van der Waals surface area contributed by atoms with Gasteiger partial charge in [-0.15, -0.1) is 0 Å². The monoisotopic (exact) mass is 557 g/mol. The van der Waals surface area contributed by atoms with E-state index in [4.69, 9.17) is 4.74 Å². The molecule has 0 aromatic carbocycles. The van der Waals surface area contributed by atoms with Gasteiger partial charge in [0.1, 0.15) is 5.60 Å². The molecule has 5 rings (SSSR count). The van der Waals surface area contributed by atoms with Crippen LogP contribution in [0.1, 0.15) is 104 Å². The highest BCUT2D eigenvalue weighted by molar-refractivity contribution is 5.92. The van der Waals surface area contributed by atoms with Gasteiger partial charge in [-0.2, -0.15) is 0 Å². The molecule has 4 saturated carbocycles. The third-order valence-corrected chi connectivity index (χ3v) is 11.7. The molecule has 0 aliphatic heterocycles. The second-order valence-electron chi connectivity index (χ2n) is 13.9. The Bertz CT molecular complexity index is 1060. The van der Waals surface area contributed by atoms with Crippen molar-refractivity contribution in [1.29, 1.82) is 0 Å². The predicted molar refractivity (Wildman–Crippen MR) is 148 cm³/mol. The van der Waals surface area contributed by atoms with Crippen LogP contribution in [-0.4, -0.2) is 58.5 Å². The summed E-state index contributed by atoms with van der Waals surface area (Å²) < 4.78 is 5.25. The first kappa shape index (κ1) is 29.4. The summed E-state index contributed by atoms with van der Waals surface area (Å²) in [6, 6.07) is 0. The maximum Gasteiger partial charge on any atom is 0.306 e. The van der Waals surface area contributed by atoms with E-state index in [1.807, 2.05) is 6.92 Å². The number of nitrogens with one attached hydrogen (secondary N) is 1. The van der Waals surface area contributed by atoms with E-state index in [9.17, 15) is 29.4 Å². The Morgan fingerprint density at radius 1 is 1.02 bits per heavy atom. The summed E-state index contributed by atoms with van der Waals surface area (Å²) in [5, 5.41) is 26.2. The first-order chi connectivity index (χ1) is 19.0. The lowest BCUT2D eigenvalue weighted by atomic mass is 9.45. The smallest absolute Gasteiger partial charge is 0.306 e. The van der Waals surface area contributed by atoms with Crippen LogP contribution in [0.3, 0.4) is 0 Å². The Morgan fingerprint density at radius 2 is 1.77 bits per heavy atom. The standard InChI is InChI=1S/C32H47NO7/c1-30-14-12-22(34)16-21(30)8-9-23-24-13-15-32(39,31(24,2)17-25(35)29(23)30)26(36)19-40-28(38)11-10-27(37)33-18-20-6-4-3-5-7-20/h16,20,23-25,29,35,39H,3-15,17-19H2,1-2H3,(H,33,37). The van der Waals surface area contributed by atoms with Crippen molar-refractivity contribution in [2.45, 2.75) is 115 Å². The van der Waals surface area contributed by atoms with Crippen LogP contribution in [0.4, 0.5) is 0 Å². The molecule has 0 radical (unpaired) electrons. The van der Waals surface area contributed by atoms with Crippen LogP contribution in [-0.2, 0) is 23.9 Å². The van der Waals surface area contributed by atoms with E-state index in [2.05, 4.69) is 12.2 Å². The second-order valence-corrected chi connectivity index (χ2v) is 13.9. The minimum atomic E-state index is -1.68. The van der Waals surface area contributed by atoms with Crippen LogP contribution < -0.4 is 5.32 Å². The third kappa shape index (κ3) is 5.19. The fourth-order valence-corrected chi connectivity index (χ4v) is 9.44. The summed E-state index contributed by atoms with van der Waals surface area (Å²) in [5.74, 6) is -0.450. The SMILES string of the molecule is CC12CCC(=O)C=C1CCC1C2C(O)CC2(C)C1CCC2(O)C(=O)COC(=O)CCC(=O)NCC1CCCCC1. The zero-order valence-corrected chi connectivity index (χ0v) is 24.2. The number of carbonyl (C=O) groups excluding carboxylic acids is 4. The molecule has 0 saturated heterocycles. The zero-order chi connectivity index (χ0) is 28.7. The van der Waals surface area contributed by atoms with Crippen LogP contribution in [0.15, 0.2) is 11.6 Å². The van der Waals surface area contributed by atoms with Crippen molar-refractivity contribution in [2.24, 2.45) is 34.5 Å². The van der Waals surface area contributed by atoms with E-state index in [1.165, 1.54) is 19.3 Å². The number of aliphatic hydroxyl groups excluding tert-OH is 1. The normalized spacial score (nSPS) is 39.4. The summed E-state index contributed by atoms with van der Waals surface area (Å²) in [6.45, 7) is 4.20. The van der Waals surface area contributed by atoms with Crippen LogP contribution in [0.2, 0.25) is 0 Å². The van der Waals surface area contributed by atoms with Crippen molar-refractivity contribution in [3.05, 3.63) is 11.6 Å². The summed E-state index contributed by atoms with van der Waals surface area (Å²) in [4.78, 5) is 50.1. The van der Waals surface area contributed by atoms with E-state index in [-0.39, 0.29) is 54.1 Å². The third-order valence-electron chi connectivity index (χ3n) is 11.7. The van der Waals surface area contributed by atoms with Gasteiger partial charge in [0.25, 0.3) is 0 Å². The number of allylic oxidation sites excluding steroid dienone is 1. The lowest BCUT2D eigenvalue weighted by molar-refractivity contribution is -0.184. The molecule has 40 heavy (non-hydrogen) atoms. The van der Waals surface area contributed by atoms with Gasteiger partial charge in [0.15, 0.2) is 12.4 Å². The van der Waals surface area contributed by atoms with Gasteiger partial charge >= 0.3 is 5.97 Å². The quantitative estimate of drug-likeness (QED) is 0.387. The molecule has 5 aliphatic rings. The number of fused-ring (bicyclic) bond motifs is 5. The fourth-order valence-electron chi connectivity index (χ4n) is 9.44. The van der Waals surface area contributed by atoms with Gasteiger partial charge in [-0.25, -0.2) is 0 Å². The van der Waals surface area contributed by atoms with E-state index in [0.717, 1.165) is 37.7 Å². The molecule has 8 nitrogen and oxygen atoms in total. The molecular formula is C32H47NO7. The summed E-state index contributed by atoms with van der Waals surface area (Å²) >= 11 is 0. The first-order valence-corrected chi connectivity index (χ1v) is 15.6. The maximum atomic E-state index is 13.4. The molecule has 7 unspecified atom stereocenters. The number of hydrogen-bond donors (Lipinski definition) is 3. The highest BCUT2D eigenvalue weighted by Crippen LogP contribution is 2.67. The van der Waals surface area contributed by atoms with Crippen molar-refractivity contribution < 1.29 is 34.1 Å². The Labute approximate surface area is 237 Å².